The Hall–Kier alpha value is -2.44. The first kappa shape index (κ1) is 32.1. The van der Waals surface area contributed by atoms with Crippen molar-refractivity contribution >= 4 is 26.6 Å². The molecule has 3 aromatic carbocycles. The van der Waals surface area contributed by atoms with Crippen molar-refractivity contribution in [3.8, 4) is 0 Å². The van der Waals surface area contributed by atoms with Crippen LogP contribution in [0.25, 0.3) is 0 Å². The zero-order valence-corrected chi connectivity index (χ0v) is 26.0. The SMILES string of the molecule is CCOP(=O)(OCC)C(Nc1ccc(NC(c2ccc(C)cc2)P(=O)(OCC)OCC)cc1)c1ccc(C)cc1. The molecule has 2 unspecified atom stereocenters. The van der Waals surface area contributed by atoms with E-state index in [1.807, 2.05) is 86.6 Å². The van der Waals surface area contributed by atoms with E-state index in [1.165, 1.54) is 0 Å². The highest BCUT2D eigenvalue weighted by Gasteiger charge is 2.38. The molecule has 2 N–H and O–H groups in total. The number of hydrogen-bond acceptors (Lipinski definition) is 8. The summed E-state index contributed by atoms with van der Waals surface area (Å²) in [4.78, 5) is 0. The molecule has 0 spiro atoms. The molecule has 10 heteroatoms. The summed E-state index contributed by atoms with van der Waals surface area (Å²) in [7, 11) is -7.09. The molecule has 3 rings (SSSR count). The molecule has 0 aliphatic carbocycles. The van der Waals surface area contributed by atoms with Gasteiger partial charge in [0.1, 0.15) is 0 Å². The normalized spacial score (nSPS) is 13.6. The van der Waals surface area contributed by atoms with Crippen LogP contribution in [-0.4, -0.2) is 26.4 Å². The van der Waals surface area contributed by atoms with E-state index in [9.17, 15) is 9.13 Å². The van der Waals surface area contributed by atoms with Gasteiger partial charge in [-0.2, -0.15) is 0 Å². The molecule has 0 heterocycles. The monoisotopic (exact) mass is 588 g/mol. The lowest BCUT2D eigenvalue weighted by Gasteiger charge is -2.29. The molecule has 0 radical (unpaired) electrons. The smallest absolute Gasteiger partial charge is 0.357 e. The minimum Gasteiger partial charge on any atom is -0.368 e. The maximum absolute atomic E-state index is 13.9. The van der Waals surface area contributed by atoms with Crippen molar-refractivity contribution in [1.29, 1.82) is 0 Å². The average molecular weight is 589 g/mol. The van der Waals surface area contributed by atoms with Crippen LogP contribution in [0.5, 0.6) is 0 Å². The van der Waals surface area contributed by atoms with E-state index in [4.69, 9.17) is 18.1 Å². The van der Waals surface area contributed by atoms with E-state index < -0.39 is 26.8 Å². The van der Waals surface area contributed by atoms with Gasteiger partial charge in [-0.05, 0) is 76.9 Å². The molecule has 218 valence electrons. The van der Waals surface area contributed by atoms with E-state index in [0.29, 0.717) is 0 Å². The van der Waals surface area contributed by atoms with Gasteiger partial charge in [0.25, 0.3) is 0 Å². The minimum absolute atomic E-state index is 0.254. The van der Waals surface area contributed by atoms with Crippen molar-refractivity contribution in [2.45, 2.75) is 53.1 Å². The zero-order valence-electron chi connectivity index (χ0n) is 24.3. The van der Waals surface area contributed by atoms with Crippen LogP contribution in [0.3, 0.4) is 0 Å². The van der Waals surface area contributed by atoms with Gasteiger partial charge >= 0.3 is 15.2 Å². The quantitative estimate of drug-likeness (QED) is 0.160. The summed E-state index contributed by atoms with van der Waals surface area (Å²) < 4.78 is 50.5. The van der Waals surface area contributed by atoms with Crippen molar-refractivity contribution in [2.24, 2.45) is 0 Å². The zero-order chi connectivity index (χ0) is 29.2. The first-order valence-corrected chi connectivity index (χ1v) is 16.9. The van der Waals surface area contributed by atoms with Gasteiger partial charge in [0.15, 0.2) is 11.6 Å². The maximum atomic E-state index is 13.9. The molecule has 0 aromatic heterocycles. The van der Waals surface area contributed by atoms with Gasteiger partial charge < -0.3 is 28.7 Å². The Labute approximate surface area is 238 Å². The lowest BCUT2D eigenvalue weighted by atomic mass is 10.1. The largest absolute Gasteiger partial charge is 0.368 e. The van der Waals surface area contributed by atoms with Crippen LogP contribution in [0, 0.1) is 13.8 Å². The highest BCUT2D eigenvalue weighted by molar-refractivity contribution is 7.54. The summed E-state index contributed by atoms with van der Waals surface area (Å²) in [6, 6.07) is 23.1. The molecule has 2 atom stereocenters. The van der Waals surface area contributed by atoms with Crippen LogP contribution in [0.4, 0.5) is 11.4 Å². The number of nitrogens with one attached hydrogen (secondary N) is 2. The average Bonchev–Trinajstić information content (AvgIpc) is 2.93. The molecular formula is C30H42N2O6P2. The number of rotatable bonds is 16. The fourth-order valence-corrected chi connectivity index (χ4v) is 8.13. The number of anilines is 2. The van der Waals surface area contributed by atoms with Crippen LogP contribution >= 0.6 is 15.2 Å². The lowest BCUT2D eigenvalue weighted by Crippen LogP contribution is -2.16. The first-order chi connectivity index (χ1) is 19.2. The highest BCUT2D eigenvalue weighted by atomic mass is 31.2. The second-order valence-electron chi connectivity index (χ2n) is 9.24. The molecular weight excluding hydrogens is 546 g/mol. The topological polar surface area (TPSA) is 95.1 Å². The van der Waals surface area contributed by atoms with Gasteiger partial charge in [-0.15, -0.1) is 0 Å². The van der Waals surface area contributed by atoms with Gasteiger partial charge in [-0.3, -0.25) is 9.13 Å². The minimum atomic E-state index is -3.54. The summed E-state index contributed by atoms with van der Waals surface area (Å²) in [5.41, 5.74) is 5.24. The van der Waals surface area contributed by atoms with E-state index in [1.54, 1.807) is 27.7 Å². The van der Waals surface area contributed by atoms with Gasteiger partial charge in [0, 0.05) is 11.4 Å². The standard InChI is InChI=1S/C30H42N2O6P2/c1-7-35-39(33,36-8-2)29(25-15-11-23(5)12-16-25)31-27-19-21-28(22-20-27)32-30(26-17-13-24(6)14-18-26)40(34,37-9-3)38-10-4/h11-22,29-32H,7-10H2,1-6H3. The number of benzene rings is 3. The third-order valence-corrected chi connectivity index (χ3v) is 10.7. The Bertz CT molecular complexity index is 1160. The molecule has 0 saturated heterocycles. The van der Waals surface area contributed by atoms with Gasteiger partial charge in [0.2, 0.25) is 0 Å². The summed E-state index contributed by atoms with van der Waals surface area (Å²) in [5, 5.41) is 6.74. The summed E-state index contributed by atoms with van der Waals surface area (Å²) in [5.74, 6) is -1.41. The van der Waals surface area contributed by atoms with Gasteiger partial charge in [0.05, 0.1) is 26.4 Å². The molecule has 0 amide bonds. The number of aryl methyl sites for hydroxylation is 2. The molecule has 0 fully saturated rings. The second-order valence-corrected chi connectivity index (χ2v) is 13.5. The van der Waals surface area contributed by atoms with Crippen LogP contribution in [0.15, 0.2) is 72.8 Å². The fourth-order valence-electron chi connectivity index (χ4n) is 4.26. The van der Waals surface area contributed by atoms with Crippen molar-refractivity contribution in [3.63, 3.8) is 0 Å². The molecule has 0 bridgehead atoms. The van der Waals surface area contributed by atoms with Crippen LogP contribution in [-0.2, 0) is 27.2 Å². The Morgan fingerprint density at radius 1 is 0.525 bits per heavy atom. The van der Waals surface area contributed by atoms with Crippen molar-refractivity contribution in [1.82, 2.24) is 0 Å². The first-order valence-electron chi connectivity index (χ1n) is 13.7. The maximum Gasteiger partial charge on any atom is 0.357 e. The molecule has 40 heavy (non-hydrogen) atoms. The van der Waals surface area contributed by atoms with E-state index in [2.05, 4.69) is 10.6 Å². The number of hydrogen-bond donors (Lipinski definition) is 2. The van der Waals surface area contributed by atoms with Crippen molar-refractivity contribution in [2.75, 3.05) is 37.1 Å². The third kappa shape index (κ3) is 8.29. The molecule has 8 nitrogen and oxygen atoms in total. The van der Waals surface area contributed by atoms with Gasteiger partial charge in [-0.25, -0.2) is 0 Å². The Balaban J connectivity index is 1.92. The lowest BCUT2D eigenvalue weighted by molar-refractivity contribution is 0.213. The third-order valence-electron chi connectivity index (χ3n) is 6.15. The van der Waals surface area contributed by atoms with Crippen LogP contribution < -0.4 is 10.6 Å². The Morgan fingerprint density at radius 3 is 1.05 bits per heavy atom. The van der Waals surface area contributed by atoms with Crippen LogP contribution in [0.2, 0.25) is 0 Å². The van der Waals surface area contributed by atoms with Gasteiger partial charge in [-0.1, -0.05) is 59.7 Å². The predicted octanol–water partition coefficient (Wildman–Crippen LogP) is 9.06. The highest BCUT2D eigenvalue weighted by Crippen LogP contribution is 2.62. The Kier molecular flexibility index (Phi) is 12.0. The fraction of sp³-hybridized carbons (Fsp3) is 0.400. The van der Waals surface area contributed by atoms with E-state index in [0.717, 1.165) is 33.6 Å². The predicted molar refractivity (Wildman–Crippen MR) is 163 cm³/mol. The van der Waals surface area contributed by atoms with Crippen molar-refractivity contribution < 1.29 is 27.2 Å². The second kappa shape index (κ2) is 15.0. The summed E-state index contributed by atoms with van der Waals surface area (Å²) in [6.07, 6.45) is 0. The molecule has 0 saturated carbocycles. The molecule has 0 aliphatic heterocycles. The van der Waals surface area contributed by atoms with Crippen molar-refractivity contribution in [3.05, 3.63) is 95.1 Å². The summed E-state index contributed by atoms with van der Waals surface area (Å²) in [6.45, 7) is 12.2. The van der Waals surface area contributed by atoms with E-state index in [-0.39, 0.29) is 26.4 Å². The van der Waals surface area contributed by atoms with E-state index >= 15 is 0 Å². The Morgan fingerprint density at radius 2 is 0.800 bits per heavy atom. The molecule has 3 aromatic rings. The van der Waals surface area contributed by atoms with Crippen LogP contribution in [0.1, 0.15) is 61.5 Å². The summed E-state index contributed by atoms with van der Waals surface area (Å²) >= 11 is 0. The molecule has 0 aliphatic rings.